The molecule has 0 spiro atoms. The first-order chi connectivity index (χ1) is 13.4. The summed E-state index contributed by atoms with van der Waals surface area (Å²) in [5, 5.41) is 15.4. The van der Waals surface area contributed by atoms with Crippen LogP contribution in [0.1, 0.15) is 12.8 Å². The lowest BCUT2D eigenvalue weighted by Crippen LogP contribution is -2.37. The number of anilines is 3. The standard InChI is InChI=1S/C17H17Cl2N5O4/c1-28-17(25)10-4-6-23(7-5-10)16-14(24(26)27)15(20-9-21-16)22-13-8-11(18)2-3-12(13)19/h2-3,8-10H,4-7H2,1H3,(H,20,21,22). The van der Waals surface area contributed by atoms with Crippen LogP contribution in [0.15, 0.2) is 24.5 Å². The fourth-order valence-corrected chi connectivity index (χ4v) is 3.41. The van der Waals surface area contributed by atoms with Crippen molar-refractivity contribution >= 4 is 52.2 Å². The molecule has 1 aromatic carbocycles. The number of carbonyl (C=O) groups excluding carboxylic acids is 1. The van der Waals surface area contributed by atoms with Crippen LogP contribution < -0.4 is 10.2 Å². The zero-order valence-electron chi connectivity index (χ0n) is 14.9. The summed E-state index contributed by atoms with van der Waals surface area (Å²) in [7, 11) is 1.35. The van der Waals surface area contributed by atoms with E-state index in [-0.39, 0.29) is 29.2 Å². The number of piperidine rings is 1. The summed E-state index contributed by atoms with van der Waals surface area (Å²) in [5.74, 6) is -0.293. The third kappa shape index (κ3) is 4.26. The molecule has 1 aliphatic heterocycles. The average Bonchev–Trinajstić information content (AvgIpc) is 2.70. The number of carbonyl (C=O) groups is 1. The first-order valence-electron chi connectivity index (χ1n) is 8.45. The molecule has 1 aromatic heterocycles. The van der Waals surface area contributed by atoms with E-state index in [1.165, 1.54) is 13.4 Å². The maximum absolute atomic E-state index is 11.8. The normalized spacial score (nSPS) is 14.6. The van der Waals surface area contributed by atoms with E-state index in [1.54, 1.807) is 23.1 Å². The van der Waals surface area contributed by atoms with Crippen molar-refractivity contribution in [3.8, 4) is 0 Å². The number of nitrogens with zero attached hydrogens (tertiary/aromatic N) is 4. The van der Waals surface area contributed by atoms with Crippen LogP contribution in [0.2, 0.25) is 10.0 Å². The highest BCUT2D eigenvalue weighted by atomic mass is 35.5. The van der Waals surface area contributed by atoms with Crippen LogP contribution in [0.4, 0.5) is 23.0 Å². The molecular formula is C17H17Cl2N5O4. The van der Waals surface area contributed by atoms with Crippen LogP contribution >= 0.6 is 23.2 Å². The second kappa shape index (κ2) is 8.57. The van der Waals surface area contributed by atoms with Crippen molar-refractivity contribution in [2.45, 2.75) is 12.8 Å². The van der Waals surface area contributed by atoms with Gasteiger partial charge in [0.05, 0.1) is 28.7 Å². The molecular weight excluding hydrogens is 409 g/mol. The molecule has 2 heterocycles. The molecule has 11 heteroatoms. The molecule has 0 unspecified atom stereocenters. The minimum atomic E-state index is -0.539. The summed E-state index contributed by atoms with van der Waals surface area (Å²) in [6.45, 7) is 0.879. The first-order valence-corrected chi connectivity index (χ1v) is 9.20. The smallest absolute Gasteiger partial charge is 0.353 e. The van der Waals surface area contributed by atoms with Crippen LogP contribution in [-0.4, -0.2) is 41.1 Å². The molecule has 0 amide bonds. The number of benzene rings is 1. The van der Waals surface area contributed by atoms with Gasteiger partial charge in [-0.1, -0.05) is 23.2 Å². The molecule has 2 aromatic rings. The van der Waals surface area contributed by atoms with E-state index >= 15 is 0 Å². The third-order valence-electron chi connectivity index (χ3n) is 4.50. The van der Waals surface area contributed by atoms with Gasteiger partial charge in [0.1, 0.15) is 6.33 Å². The van der Waals surface area contributed by atoms with Crippen molar-refractivity contribution in [2.75, 3.05) is 30.4 Å². The van der Waals surface area contributed by atoms with Crippen LogP contribution in [-0.2, 0) is 9.53 Å². The number of hydrogen-bond acceptors (Lipinski definition) is 8. The van der Waals surface area contributed by atoms with E-state index < -0.39 is 4.92 Å². The fourth-order valence-electron chi connectivity index (χ4n) is 3.07. The van der Waals surface area contributed by atoms with E-state index in [1.807, 2.05) is 0 Å². The van der Waals surface area contributed by atoms with Gasteiger partial charge in [-0.25, -0.2) is 9.97 Å². The Morgan fingerprint density at radius 1 is 1.32 bits per heavy atom. The molecule has 1 aliphatic rings. The molecule has 1 saturated heterocycles. The Hall–Kier alpha value is -2.65. The van der Waals surface area contributed by atoms with Crippen molar-refractivity contribution in [1.82, 2.24) is 9.97 Å². The minimum absolute atomic E-state index is 0.00857. The molecule has 0 radical (unpaired) electrons. The molecule has 0 saturated carbocycles. The third-order valence-corrected chi connectivity index (χ3v) is 5.06. The van der Waals surface area contributed by atoms with Gasteiger partial charge in [-0.3, -0.25) is 14.9 Å². The van der Waals surface area contributed by atoms with E-state index in [2.05, 4.69) is 15.3 Å². The van der Waals surface area contributed by atoms with Crippen LogP contribution in [0.5, 0.6) is 0 Å². The van der Waals surface area contributed by atoms with E-state index in [9.17, 15) is 14.9 Å². The predicted molar refractivity (Wildman–Crippen MR) is 105 cm³/mol. The number of halogens is 2. The highest BCUT2D eigenvalue weighted by molar-refractivity contribution is 6.35. The van der Waals surface area contributed by atoms with Gasteiger partial charge in [0, 0.05) is 18.1 Å². The quantitative estimate of drug-likeness (QED) is 0.437. The Bertz CT molecular complexity index is 903. The van der Waals surface area contributed by atoms with E-state index in [4.69, 9.17) is 27.9 Å². The minimum Gasteiger partial charge on any atom is -0.469 e. The lowest BCUT2D eigenvalue weighted by atomic mass is 9.97. The van der Waals surface area contributed by atoms with Crippen molar-refractivity contribution in [1.29, 1.82) is 0 Å². The maximum Gasteiger partial charge on any atom is 0.353 e. The highest BCUT2D eigenvalue weighted by Crippen LogP contribution is 2.37. The van der Waals surface area contributed by atoms with Crippen LogP contribution in [0.3, 0.4) is 0 Å². The van der Waals surface area contributed by atoms with Crippen LogP contribution in [0, 0.1) is 16.0 Å². The monoisotopic (exact) mass is 425 g/mol. The summed E-state index contributed by atoms with van der Waals surface area (Å²) in [4.78, 5) is 32.8. The Morgan fingerprint density at radius 2 is 2.04 bits per heavy atom. The number of nitrogens with one attached hydrogen (secondary N) is 1. The number of aromatic nitrogens is 2. The van der Waals surface area contributed by atoms with Gasteiger partial charge in [-0.05, 0) is 31.0 Å². The highest BCUT2D eigenvalue weighted by Gasteiger charge is 2.32. The van der Waals surface area contributed by atoms with Crippen LogP contribution in [0.25, 0.3) is 0 Å². The summed E-state index contributed by atoms with van der Waals surface area (Å²) < 4.78 is 4.77. The van der Waals surface area contributed by atoms with Gasteiger partial charge in [0.15, 0.2) is 0 Å². The van der Waals surface area contributed by atoms with E-state index in [0.717, 1.165) is 0 Å². The zero-order chi connectivity index (χ0) is 20.3. The Morgan fingerprint density at radius 3 is 2.68 bits per heavy atom. The second-order valence-corrected chi connectivity index (χ2v) is 7.03. The van der Waals surface area contributed by atoms with Gasteiger partial charge in [0.25, 0.3) is 0 Å². The van der Waals surface area contributed by atoms with Gasteiger partial charge in [0.2, 0.25) is 11.6 Å². The number of ether oxygens (including phenoxy) is 1. The molecule has 3 rings (SSSR count). The molecule has 0 aliphatic carbocycles. The second-order valence-electron chi connectivity index (χ2n) is 6.19. The predicted octanol–water partition coefficient (Wildman–Crippen LogP) is 3.82. The molecule has 1 N–H and O–H groups in total. The Kier molecular flexibility index (Phi) is 6.15. The molecule has 9 nitrogen and oxygen atoms in total. The molecule has 0 atom stereocenters. The Balaban J connectivity index is 1.89. The summed E-state index contributed by atoms with van der Waals surface area (Å²) >= 11 is 12.1. The first kappa shape index (κ1) is 20.1. The number of nitro groups is 1. The van der Waals surface area contributed by atoms with E-state index in [0.29, 0.717) is 41.7 Å². The van der Waals surface area contributed by atoms with Crippen molar-refractivity contribution < 1.29 is 14.5 Å². The van der Waals surface area contributed by atoms with Crippen molar-refractivity contribution in [3.05, 3.63) is 44.7 Å². The van der Waals surface area contributed by atoms with Crippen molar-refractivity contribution in [2.24, 2.45) is 5.92 Å². The lowest BCUT2D eigenvalue weighted by molar-refractivity contribution is -0.383. The number of rotatable bonds is 5. The van der Waals surface area contributed by atoms with Gasteiger partial charge >= 0.3 is 11.7 Å². The molecule has 0 bridgehead atoms. The maximum atomic E-state index is 11.8. The summed E-state index contributed by atoms with van der Waals surface area (Å²) in [5.41, 5.74) is 0.126. The van der Waals surface area contributed by atoms with Gasteiger partial charge < -0.3 is 15.0 Å². The molecule has 148 valence electrons. The lowest BCUT2D eigenvalue weighted by Gasteiger charge is -2.31. The van der Waals surface area contributed by atoms with Gasteiger partial charge in [-0.15, -0.1) is 0 Å². The SMILES string of the molecule is COC(=O)C1CCN(c2ncnc(Nc3cc(Cl)ccc3Cl)c2[N+](=O)[O-])CC1. The number of hydrogen-bond donors (Lipinski definition) is 1. The molecule has 1 fully saturated rings. The van der Waals surface area contributed by atoms with Gasteiger partial charge in [-0.2, -0.15) is 0 Å². The average molecular weight is 426 g/mol. The van der Waals surface area contributed by atoms with Crippen molar-refractivity contribution in [3.63, 3.8) is 0 Å². The molecule has 28 heavy (non-hydrogen) atoms. The topological polar surface area (TPSA) is 110 Å². The fraction of sp³-hybridized carbons (Fsp3) is 0.353. The summed E-state index contributed by atoms with van der Waals surface area (Å²) in [6, 6.07) is 4.75. The zero-order valence-corrected chi connectivity index (χ0v) is 16.4. The summed E-state index contributed by atoms with van der Waals surface area (Å²) in [6.07, 6.45) is 2.29. The largest absolute Gasteiger partial charge is 0.469 e. The number of methoxy groups -OCH3 is 1. The number of esters is 1. The Labute approximate surface area is 170 Å².